The van der Waals surface area contributed by atoms with Crippen molar-refractivity contribution in [2.75, 3.05) is 26.2 Å². The summed E-state index contributed by atoms with van der Waals surface area (Å²) in [7, 11) is -3.40. The minimum absolute atomic E-state index is 0.119. The molecule has 0 spiro atoms. The van der Waals surface area contributed by atoms with Gasteiger partial charge >= 0.3 is 0 Å². The molecule has 1 amide bonds. The van der Waals surface area contributed by atoms with Gasteiger partial charge in [-0.3, -0.25) is 4.79 Å². The molecule has 2 heterocycles. The average Bonchev–Trinajstić information content (AvgIpc) is 2.85. The first kappa shape index (κ1) is 16.5. The largest absolute Gasteiger partial charge is 0.340 e. The molecule has 0 atom stereocenters. The van der Waals surface area contributed by atoms with Crippen molar-refractivity contribution >= 4 is 27.3 Å². The molecule has 21 heavy (non-hydrogen) atoms. The van der Waals surface area contributed by atoms with E-state index in [4.69, 9.17) is 0 Å². The van der Waals surface area contributed by atoms with Gasteiger partial charge in [0.15, 0.2) is 0 Å². The quantitative estimate of drug-likeness (QED) is 0.848. The van der Waals surface area contributed by atoms with Crippen LogP contribution in [0.1, 0.15) is 25.1 Å². The Hall–Kier alpha value is -0.920. The third-order valence-corrected chi connectivity index (χ3v) is 6.85. The minimum Gasteiger partial charge on any atom is -0.340 e. The second-order valence-corrected chi connectivity index (χ2v) is 9.20. The molecule has 118 valence electrons. The molecular weight excluding hydrogens is 308 g/mol. The minimum atomic E-state index is -3.40. The Bertz CT molecular complexity index is 599. The van der Waals surface area contributed by atoms with Crippen LogP contribution in [0.5, 0.6) is 0 Å². The number of rotatable bonds is 4. The molecule has 1 fully saturated rings. The zero-order chi connectivity index (χ0) is 15.6. The monoisotopic (exact) mass is 330 g/mol. The predicted molar refractivity (Wildman–Crippen MR) is 83.8 cm³/mol. The second kappa shape index (κ2) is 6.46. The van der Waals surface area contributed by atoms with E-state index in [-0.39, 0.29) is 5.91 Å². The number of thiophene rings is 1. The molecule has 0 bridgehead atoms. The Labute approximate surface area is 130 Å². The van der Waals surface area contributed by atoms with Crippen molar-refractivity contribution in [2.45, 2.75) is 31.4 Å². The maximum atomic E-state index is 12.5. The molecule has 2 rings (SSSR count). The topological polar surface area (TPSA) is 57.7 Å². The van der Waals surface area contributed by atoms with Crippen molar-refractivity contribution in [2.24, 2.45) is 5.92 Å². The molecule has 0 unspecified atom stereocenters. The van der Waals surface area contributed by atoms with Crippen LogP contribution in [0.3, 0.4) is 0 Å². The number of nitrogens with zero attached hydrogens (tertiary/aromatic N) is 2. The Morgan fingerprint density at radius 2 is 1.86 bits per heavy atom. The van der Waals surface area contributed by atoms with E-state index < -0.39 is 10.0 Å². The highest BCUT2D eigenvalue weighted by Gasteiger charge is 2.30. The van der Waals surface area contributed by atoms with Crippen LogP contribution < -0.4 is 0 Å². The third kappa shape index (κ3) is 3.84. The summed E-state index contributed by atoms with van der Waals surface area (Å²) >= 11 is 1.29. The Morgan fingerprint density at radius 1 is 1.24 bits per heavy atom. The van der Waals surface area contributed by atoms with E-state index in [0.717, 1.165) is 4.88 Å². The van der Waals surface area contributed by atoms with Gasteiger partial charge in [0.1, 0.15) is 4.21 Å². The van der Waals surface area contributed by atoms with E-state index in [1.165, 1.54) is 15.6 Å². The summed E-state index contributed by atoms with van der Waals surface area (Å²) in [5.41, 5.74) is 0. The number of aryl methyl sites for hydroxylation is 1. The first-order chi connectivity index (χ1) is 9.80. The van der Waals surface area contributed by atoms with E-state index in [0.29, 0.717) is 42.7 Å². The molecule has 0 N–H and O–H groups in total. The summed E-state index contributed by atoms with van der Waals surface area (Å²) < 4.78 is 26.8. The van der Waals surface area contributed by atoms with Gasteiger partial charge in [0.05, 0.1) is 0 Å². The van der Waals surface area contributed by atoms with Crippen molar-refractivity contribution in [3.8, 4) is 0 Å². The lowest BCUT2D eigenvalue weighted by Gasteiger charge is -2.34. The molecule has 5 nitrogen and oxygen atoms in total. The molecule has 7 heteroatoms. The first-order valence-electron chi connectivity index (χ1n) is 7.15. The lowest BCUT2D eigenvalue weighted by molar-refractivity contribution is -0.133. The molecule has 1 aromatic rings. The van der Waals surface area contributed by atoms with Crippen LogP contribution in [0.2, 0.25) is 0 Å². The Balaban J connectivity index is 1.99. The normalized spacial score (nSPS) is 17.4. The summed E-state index contributed by atoms with van der Waals surface area (Å²) in [5, 5.41) is 0. The second-order valence-electron chi connectivity index (χ2n) is 5.75. The van der Waals surface area contributed by atoms with E-state index in [9.17, 15) is 13.2 Å². The van der Waals surface area contributed by atoms with Crippen molar-refractivity contribution < 1.29 is 13.2 Å². The fourth-order valence-electron chi connectivity index (χ4n) is 2.33. The molecule has 1 aliphatic rings. The first-order valence-corrected chi connectivity index (χ1v) is 9.40. The van der Waals surface area contributed by atoms with Crippen LogP contribution in [0.15, 0.2) is 16.3 Å². The maximum absolute atomic E-state index is 12.5. The van der Waals surface area contributed by atoms with Crippen LogP contribution in [0, 0.1) is 12.8 Å². The zero-order valence-electron chi connectivity index (χ0n) is 12.7. The van der Waals surface area contributed by atoms with E-state index in [1.807, 2.05) is 26.8 Å². The van der Waals surface area contributed by atoms with E-state index in [1.54, 1.807) is 11.0 Å². The highest BCUT2D eigenvalue weighted by molar-refractivity contribution is 7.91. The summed E-state index contributed by atoms with van der Waals surface area (Å²) in [5.74, 6) is 0.447. The van der Waals surface area contributed by atoms with Crippen molar-refractivity contribution in [1.82, 2.24) is 9.21 Å². The van der Waals surface area contributed by atoms with Gasteiger partial charge in [0, 0.05) is 37.5 Å². The van der Waals surface area contributed by atoms with Gasteiger partial charge in [-0.05, 0) is 25.0 Å². The Kier molecular flexibility index (Phi) is 5.06. The van der Waals surface area contributed by atoms with Gasteiger partial charge in [-0.15, -0.1) is 11.3 Å². The highest BCUT2D eigenvalue weighted by Crippen LogP contribution is 2.25. The molecule has 1 aromatic heterocycles. The number of piperazine rings is 1. The van der Waals surface area contributed by atoms with Gasteiger partial charge in [0.2, 0.25) is 5.91 Å². The number of carbonyl (C=O) groups excluding carboxylic acids is 1. The van der Waals surface area contributed by atoms with E-state index >= 15 is 0 Å². The molecule has 0 aliphatic carbocycles. The average molecular weight is 330 g/mol. The summed E-state index contributed by atoms with van der Waals surface area (Å²) in [4.78, 5) is 14.8. The molecule has 1 saturated heterocycles. The van der Waals surface area contributed by atoms with Crippen LogP contribution in [-0.2, 0) is 14.8 Å². The van der Waals surface area contributed by atoms with E-state index in [2.05, 4.69) is 0 Å². The third-order valence-electron chi connectivity index (χ3n) is 3.48. The maximum Gasteiger partial charge on any atom is 0.252 e. The summed E-state index contributed by atoms with van der Waals surface area (Å²) in [6.07, 6.45) is 0.525. The fraction of sp³-hybridized carbons (Fsp3) is 0.643. The molecule has 0 radical (unpaired) electrons. The lowest BCUT2D eigenvalue weighted by atomic mass is 10.1. The van der Waals surface area contributed by atoms with Gasteiger partial charge in [-0.2, -0.15) is 4.31 Å². The smallest absolute Gasteiger partial charge is 0.252 e. The van der Waals surface area contributed by atoms with Gasteiger partial charge < -0.3 is 4.90 Å². The SMILES string of the molecule is Cc1ccc(S(=O)(=O)N2CCN(C(=O)CC(C)C)CC2)s1. The summed E-state index contributed by atoms with van der Waals surface area (Å²) in [6, 6.07) is 3.48. The summed E-state index contributed by atoms with van der Waals surface area (Å²) in [6.45, 7) is 7.64. The number of amides is 1. The molecule has 1 aliphatic heterocycles. The van der Waals surface area contributed by atoms with Crippen molar-refractivity contribution in [3.63, 3.8) is 0 Å². The molecular formula is C14H22N2O3S2. The van der Waals surface area contributed by atoms with Crippen molar-refractivity contribution in [3.05, 3.63) is 17.0 Å². The van der Waals surface area contributed by atoms with Crippen molar-refractivity contribution in [1.29, 1.82) is 0 Å². The lowest BCUT2D eigenvalue weighted by Crippen LogP contribution is -2.50. The number of hydrogen-bond acceptors (Lipinski definition) is 4. The number of hydrogen-bond donors (Lipinski definition) is 0. The van der Waals surface area contributed by atoms with Crippen LogP contribution in [0.4, 0.5) is 0 Å². The van der Waals surface area contributed by atoms with Gasteiger partial charge in [-0.1, -0.05) is 13.8 Å². The highest BCUT2D eigenvalue weighted by atomic mass is 32.2. The number of sulfonamides is 1. The standard InChI is InChI=1S/C14H22N2O3S2/c1-11(2)10-13(17)15-6-8-16(9-7-15)21(18,19)14-5-4-12(3)20-14/h4-5,11H,6-10H2,1-3H3. The van der Waals surface area contributed by atoms with Crippen LogP contribution in [-0.4, -0.2) is 49.7 Å². The molecule has 0 aromatic carbocycles. The fourth-order valence-corrected chi connectivity index (χ4v) is 5.19. The van der Waals surface area contributed by atoms with Crippen LogP contribution >= 0.6 is 11.3 Å². The van der Waals surface area contributed by atoms with Crippen LogP contribution in [0.25, 0.3) is 0 Å². The number of carbonyl (C=O) groups is 1. The zero-order valence-corrected chi connectivity index (χ0v) is 14.3. The van der Waals surface area contributed by atoms with Gasteiger partial charge in [-0.25, -0.2) is 8.42 Å². The predicted octanol–water partition coefficient (Wildman–Crippen LogP) is 1.94. The van der Waals surface area contributed by atoms with Gasteiger partial charge in [0.25, 0.3) is 10.0 Å². The molecule has 0 saturated carbocycles. The Morgan fingerprint density at radius 3 is 2.33 bits per heavy atom.